The topological polar surface area (TPSA) is 12.0 Å². The van der Waals surface area contributed by atoms with Crippen LogP contribution in [0.15, 0.2) is 34.8 Å². The molecule has 1 N–H and O–H groups in total. The van der Waals surface area contributed by atoms with Gasteiger partial charge in [0.2, 0.25) is 0 Å². The van der Waals surface area contributed by atoms with E-state index in [9.17, 15) is 0 Å². The van der Waals surface area contributed by atoms with E-state index in [1.54, 1.807) is 0 Å². The molecule has 0 saturated carbocycles. The van der Waals surface area contributed by atoms with Gasteiger partial charge in [0, 0.05) is 10.5 Å². The minimum Gasteiger partial charge on any atom is -0.311 e. The normalized spacial score (nSPS) is 21.9. The Balaban J connectivity index is 2.06. The van der Waals surface area contributed by atoms with Gasteiger partial charge >= 0.3 is 0 Å². The molecule has 1 nitrogen and oxygen atoms in total. The molecule has 1 aromatic rings. The van der Waals surface area contributed by atoms with E-state index in [1.807, 2.05) is 6.07 Å². The second-order valence-corrected chi connectivity index (χ2v) is 4.44. The average molecular weight is 252 g/mol. The van der Waals surface area contributed by atoms with Crippen LogP contribution in [0.5, 0.6) is 0 Å². The molecule has 1 saturated heterocycles. The maximum Gasteiger partial charge on any atom is 0.0253 e. The lowest BCUT2D eigenvalue weighted by molar-refractivity contribution is 0.730. The van der Waals surface area contributed by atoms with Gasteiger partial charge in [0.15, 0.2) is 0 Å². The zero-order chi connectivity index (χ0) is 9.80. The van der Waals surface area contributed by atoms with Gasteiger partial charge in [0.1, 0.15) is 0 Å². The second kappa shape index (κ2) is 4.76. The molecule has 0 bridgehead atoms. The molecule has 1 atom stereocenters. The zero-order valence-electron chi connectivity index (χ0n) is 8.04. The van der Waals surface area contributed by atoms with Crippen LogP contribution in [0.25, 0.3) is 6.08 Å². The van der Waals surface area contributed by atoms with Crippen molar-refractivity contribution >= 4 is 22.0 Å². The number of halogens is 1. The molecule has 1 aromatic carbocycles. The SMILES string of the molecule is Brc1ccccc1/C=C/C1CCCN1. The molecule has 1 aliphatic rings. The van der Waals surface area contributed by atoms with Crippen molar-refractivity contribution in [2.45, 2.75) is 18.9 Å². The van der Waals surface area contributed by atoms with Crippen molar-refractivity contribution in [2.75, 3.05) is 6.54 Å². The van der Waals surface area contributed by atoms with Crippen molar-refractivity contribution < 1.29 is 0 Å². The molecule has 1 aliphatic heterocycles. The van der Waals surface area contributed by atoms with Crippen molar-refractivity contribution in [3.63, 3.8) is 0 Å². The highest BCUT2D eigenvalue weighted by Gasteiger charge is 2.09. The lowest BCUT2D eigenvalue weighted by Crippen LogP contribution is -2.17. The molecule has 0 radical (unpaired) electrons. The van der Waals surface area contributed by atoms with Gasteiger partial charge < -0.3 is 5.32 Å². The molecule has 14 heavy (non-hydrogen) atoms. The number of nitrogens with one attached hydrogen (secondary N) is 1. The van der Waals surface area contributed by atoms with E-state index in [4.69, 9.17) is 0 Å². The summed E-state index contributed by atoms with van der Waals surface area (Å²) < 4.78 is 1.16. The van der Waals surface area contributed by atoms with E-state index in [1.165, 1.54) is 18.4 Å². The summed E-state index contributed by atoms with van der Waals surface area (Å²) in [5.41, 5.74) is 1.25. The van der Waals surface area contributed by atoms with Crippen LogP contribution in [0.1, 0.15) is 18.4 Å². The first-order valence-corrected chi connectivity index (χ1v) is 5.82. The molecule has 2 rings (SSSR count). The number of benzene rings is 1. The van der Waals surface area contributed by atoms with Gasteiger partial charge in [-0.2, -0.15) is 0 Å². The molecular weight excluding hydrogens is 238 g/mol. The lowest BCUT2D eigenvalue weighted by Gasteiger charge is -2.03. The fraction of sp³-hybridized carbons (Fsp3) is 0.333. The molecule has 74 valence electrons. The van der Waals surface area contributed by atoms with E-state index >= 15 is 0 Å². The number of hydrogen-bond donors (Lipinski definition) is 1. The molecule has 1 heterocycles. The maximum atomic E-state index is 3.53. The van der Waals surface area contributed by atoms with Gasteiger partial charge in [-0.05, 0) is 31.0 Å². The summed E-state index contributed by atoms with van der Waals surface area (Å²) >= 11 is 3.53. The number of rotatable bonds is 2. The summed E-state index contributed by atoms with van der Waals surface area (Å²) in [5.74, 6) is 0. The Labute approximate surface area is 93.3 Å². The predicted octanol–water partition coefficient (Wildman–Crippen LogP) is 3.21. The Morgan fingerprint density at radius 1 is 1.36 bits per heavy atom. The van der Waals surface area contributed by atoms with E-state index in [0.29, 0.717) is 6.04 Å². The first kappa shape index (κ1) is 9.94. The zero-order valence-corrected chi connectivity index (χ0v) is 9.63. The van der Waals surface area contributed by atoms with Crippen LogP contribution in [0.2, 0.25) is 0 Å². The Morgan fingerprint density at radius 2 is 2.21 bits per heavy atom. The van der Waals surface area contributed by atoms with Gasteiger partial charge in [-0.3, -0.25) is 0 Å². The van der Waals surface area contributed by atoms with Gasteiger partial charge in [0.25, 0.3) is 0 Å². The van der Waals surface area contributed by atoms with Gasteiger partial charge in [-0.15, -0.1) is 0 Å². The van der Waals surface area contributed by atoms with Gasteiger partial charge in [0.05, 0.1) is 0 Å². The Hall–Kier alpha value is -0.600. The third-order valence-corrected chi connectivity index (χ3v) is 3.23. The van der Waals surface area contributed by atoms with Crippen molar-refractivity contribution in [3.8, 4) is 0 Å². The molecule has 1 unspecified atom stereocenters. The minimum atomic E-state index is 0.571. The van der Waals surface area contributed by atoms with Gasteiger partial charge in [-0.25, -0.2) is 0 Å². The summed E-state index contributed by atoms with van der Waals surface area (Å²) in [6.45, 7) is 1.16. The first-order chi connectivity index (χ1) is 6.86. The third kappa shape index (κ3) is 2.46. The molecule has 1 fully saturated rings. The van der Waals surface area contributed by atoms with E-state index in [0.717, 1.165) is 11.0 Å². The Morgan fingerprint density at radius 3 is 2.93 bits per heavy atom. The lowest BCUT2D eigenvalue weighted by atomic mass is 10.1. The average Bonchev–Trinajstić information content (AvgIpc) is 2.69. The highest BCUT2D eigenvalue weighted by atomic mass is 79.9. The predicted molar refractivity (Wildman–Crippen MR) is 64.2 cm³/mol. The molecule has 0 aromatic heterocycles. The molecule has 0 spiro atoms. The Kier molecular flexibility index (Phi) is 3.38. The van der Waals surface area contributed by atoms with Crippen LogP contribution < -0.4 is 5.32 Å². The van der Waals surface area contributed by atoms with E-state index in [-0.39, 0.29) is 0 Å². The first-order valence-electron chi connectivity index (χ1n) is 5.02. The van der Waals surface area contributed by atoms with Crippen LogP contribution in [0.3, 0.4) is 0 Å². The number of hydrogen-bond acceptors (Lipinski definition) is 1. The molecule has 0 amide bonds. The van der Waals surface area contributed by atoms with Gasteiger partial charge in [-0.1, -0.05) is 46.3 Å². The maximum absolute atomic E-state index is 3.53. The van der Waals surface area contributed by atoms with Crippen LogP contribution in [0, 0.1) is 0 Å². The smallest absolute Gasteiger partial charge is 0.0253 e. The largest absolute Gasteiger partial charge is 0.311 e. The van der Waals surface area contributed by atoms with Crippen molar-refractivity contribution in [1.82, 2.24) is 5.32 Å². The van der Waals surface area contributed by atoms with Crippen molar-refractivity contribution in [1.29, 1.82) is 0 Å². The van der Waals surface area contributed by atoms with E-state index in [2.05, 4.69) is 51.6 Å². The highest BCUT2D eigenvalue weighted by Crippen LogP contribution is 2.18. The Bertz CT molecular complexity index is 327. The highest BCUT2D eigenvalue weighted by molar-refractivity contribution is 9.10. The monoisotopic (exact) mass is 251 g/mol. The van der Waals surface area contributed by atoms with E-state index < -0.39 is 0 Å². The molecular formula is C12H14BrN. The fourth-order valence-electron chi connectivity index (χ4n) is 1.71. The second-order valence-electron chi connectivity index (χ2n) is 3.58. The van der Waals surface area contributed by atoms with Crippen LogP contribution in [0.4, 0.5) is 0 Å². The van der Waals surface area contributed by atoms with Crippen molar-refractivity contribution in [2.24, 2.45) is 0 Å². The fourth-order valence-corrected chi connectivity index (χ4v) is 2.12. The summed E-state index contributed by atoms with van der Waals surface area (Å²) in [4.78, 5) is 0. The van der Waals surface area contributed by atoms with Crippen molar-refractivity contribution in [3.05, 3.63) is 40.4 Å². The van der Waals surface area contributed by atoms with Crippen LogP contribution >= 0.6 is 15.9 Å². The molecule has 2 heteroatoms. The minimum absolute atomic E-state index is 0.571. The summed E-state index contributed by atoms with van der Waals surface area (Å²) in [6, 6.07) is 8.86. The standard InChI is InChI=1S/C12H14BrN/c13-12-6-2-1-4-10(12)7-8-11-5-3-9-14-11/h1-2,4,6-8,11,14H,3,5,9H2/b8-7+. The third-order valence-electron chi connectivity index (χ3n) is 2.51. The summed E-state index contributed by atoms with van der Waals surface area (Å²) in [7, 11) is 0. The van der Waals surface area contributed by atoms with Crippen LogP contribution in [-0.2, 0) is 0 Å². The summed E-state index contributed by atoms with van der Waals surface area (Å²) in [5, 5.41) is 3.44. The summed E-state index contributed by atoms with van der Waals surface area (Å²) in [6.07, 6.45) is 7.01. The van der Waals surface area contributed by atoms with Crippen LogP contribution in [-0.4, -0.2) is 12.6 Å². The molecule has 0 aliphatic carbocycles. The quantitative estimate of drug-likeness (QED) is 0.852.